The summed E-state index contributed by atoms with van der Waals surface area (Å²) in [7, 11) is 0. The first-order chi connectivity index (χ1) is 8.08. The smallest absolute Gasteiger partial charge is 0.196 e. The van der Waals surface area contributed by atoms with Crippen LogP contribution in [0.1, 0.15) is 27.0 Å². The molecule has 17 heavy (non-hydrogen) atoms. The first-order valence-electron chi connectivity index (χ1n) is 5.41. The monoisotopic (exact) mass is 226 g/mol. The summed E-state index contributed by atoms with van der Waals surface area (Å²) in [6.07, 6.45) is 1.66. The second-order valence-corrected chi connectivity index (χ2v) is 4.14. The van der Waals surface area contributed by atoms with Gasteiger partial charge < -0.3 is 5.73 Å². The highest BCUT2D eigenvalue weighted by Crippen LogP contribution is 2.16. The molecule has 0 aliphatic rings. The maximum atomic E-state index is 12.3. The number of hydrogen-bond donors (Lipinski definition) is 1. The lowest BCUT2D eigenvalue weighted by molar-refractivity contribution is 0.103. The molecule has 0 spiro atoms. The van der Waals surface area contributed by atoms with Gasteiger partial charge in [0.2, 0.25) is 0 Å². The molecule has 2 aromatic rings. The van der Waals surface area contributed by atoms with E-state index in [0.29, 0.717) is 11.1 Å². The third-order valence-corrected chi connectivity index (χ3v) is 2.58. The van der Waals surface area contributed by atoms with Crippen LogP contribution in [0.2, 0.25) is 0 Å². The van der Waals surface area contributed by atoms with Gasteiger partial charge in [0.05, 0.1) is 5.56 Å². The molecule has 0 saturated heterocycles. The Morgan fingerprint density at radius 2 is 1.94 bits per heavy atom. The zero-order chi connectivity index (χ0) is 12.4. The molecule has 0 atom stereocenters. The number of carbonyl (C=O) groups is 1. The van der Waals surface area contributed by atoms with Gasteiger partial charge in [0.15, 0.2) is 5.78 Å². The standard InChI is InChI=1S/C14H14N2O/c1-9-4-3-5-11(6-9)13(17)12-7-10(2)8-16-14(12)15/h3-8H,1-2H3,(H2,15,16). The van der Waals surface area contributed by atoms with Gasteiger partial charge in [-0.3, -0.25) is 4.79 Å². The molecule has 2 rings (SSSR count). The molecular weight excluding hydrogens is 212 g/mol. The number of anilines is 1. The molecule has 0 radical (unpaired) electrons. The number of aromatic nitrogens is 1. The predicted octanol–water partition coefficient (Wildman–Crippen LogP) is 2.51. The summed E-state index contributed by atoms with van der Waals surface area (Å²) in [5.41, 5.74) is 8.82. The minimum atomic E-state index is -0.0811. The van der Waals surface area contributed by atoms with Gasteiger partial charge in [-0.1, -0.05) is 23.8 Å². The van der Waals surface area contributed by atoms with Crippen molar-refractivity contribution in [3.8, 4) is 0 Å². The zero-order valence-electron chi connectivity index (χ0n) is 9.90. The van der Waals surface area contributed by atoms with E-state index in [1.54, 1.807) is 18.3 Å². The van der Waals surface area contributed by atoms with E-state index in [4.69, 9.17) is 5.73 Å². The lowest BCUT2D eigenvalue weighted by Crippen LogP contribution is -2.07. The Hall–Kier alpha value is -2.16. The van der Waals surface area contributed by atoms with Gasteiger partial charge in [-0.15, -0.1) is 0 Å². The van der Waals surface area contributed by atoms with Gasteiger partial charge in [0, 0.05) is 11.8 Å². The molecule has 0 aliphatic heterocycles. The van der Waals surface area contributed by atoms with Crippen molar-refractivity contribution in [2.75, 3.05) is 5.73 Å². The van der Waals surface area contributed by atoms with Crippen LogP contribution in [0.4, 0.5) is 5.82 Å². The lowest BCUT2D eigenvalue weighted by atomic mass is 10.0. The molecule has 86 valence electrons. The van der Waals surface area contributed by atoms with Crippen LogP contribution in [0.25, 0.3) is 0 Å². The highest BCUT2D eigenvalue weighted by molar-refractivity contribution is 6.11. The molecule has 3 heteroatoms. The Bertz CT molecular complexity index is 576. The number of aryl methyl sites for hydroxylation is 2. The van der Waals surface area contributed by atoms with Crippen LogP contribution >= 0.6 is 0 Å². The molecule has 0 fully saturated rings. The Morgan fingerprint density at radius 3 is 2.65 bits per heavy atom. The Morgan fingerprint density at radius 1 is 1.18 bits per heavy atom. The van der Waals surface area contributed by atoms with Crippen LogP contribution in [-0.2, 0) is 0 Å². The number of nitrogen functional groups attached to an aromatic ring is 1. The van der Waals surface area contributed by atoms with E-state index in [-0.39, 0.29) is 11.6 Å². The molecule has 0 amide bonds. The van der Waals surface area contributed by atoms with E-state index in [9.17, 15) is 4.79 Å². The number of pyridine rings is 1. The van der Waals surface area contributed by atoms with Crippen molar-refractivity contribution in [2.45, 2.75) is 13.8 Å². The van der Waals surface area contributed by atoms with E-state index in [1.165, 1.54) is 0 Å². The largest absolute Gasteiger partial charge is 0.383 e. The molecule has 0 unspecified atom stereocenters. The second-order valence-electron chi connectivity index (χ2n) is 4.14. The average molecular weight is 226 g/mol. The van der Waals surface area contributed by atoms with Crippen molar-refractivity contribution < 1.29 is 4.79 Å². The van der Waals surface area contributed by atoms with E-state index < -0.39 is 0 Å². The number of carbonyl (C=O) groups excluding carboxylic acids is 1. The molecule has 1 aromatic heterocycles. The van der Waals surface area contributed by atoms with Crippen LogP contribution in [0, 0.1) is 13.8 Å². The van der Waals surface area contributed by atoms with Crippen LogP contribution in [0.3, 0.4) is 0 Å². The summed E-state index contributed by atoms with van der Waals surface area (Å²) in [6, 6.07) is 9.23. The van der Waals surface area contributed by atoms with Crippen molar-refractivity contribution in [2.24, 2.45) is 0 Å². The van der Waals surface area contributed by atoms with E-state index in [2.05, 4.69) is 4.98 Å². The Labute approximate surface area is 100 Å². The fourth-order valence-electron chi connectivity index (χ4n) is 1.70. The molecule has 0 saturated carbocycles. The first-order valence-corrected chi connectivity index (χ1v) is 5.41. The Balaban J connectivity index is 2.47. The van der Waals surface area contributed by atoms with E-state index >= 15 is 0 Å². The van der Waals surface area contributed by atoms with Crippen molar-refractivity contribution in [3.63, 3.8) is 0 Å². The summed E-state index contributed by atoms with van der Waals surface area (Å²) in [4.78, 5) is 16.3. The maximum absolute atomic E-state index is 12.3. The minimum Gasteiger partial charge on any atom is -0.383 e. The number of nitrogens with zero attached hydrogens (tertiary/aromatic N) is 1. The van der Waals surface area contributed by atoms with Gasteiger partial charge >= 0.3 is 0 Å². The van der Waals surface area contributed by atoms with Crippen LogP contribution in [0.5, 0.6) is 0 Å². The van der Waals surface area contributed by atoms with Gasteiger partial charge in [-0.05, 0) is 31.5 Å². The SMILES string of the molecule is Cc1cccc(C(=O)c2cc(C)cnc2N)c1. The lowest BCUT2D eigenvalue weighted by Gasteiger charge is -2.05. The summed E-state index contributed by atoms with van der Waals surface area (Å²) < 4.78 is 0. The fraction of sp³-hybridized carbons (Fsp3) is 0.143. The summed E-state index contributed by atoms with van der Waals surface area (Å²) in [5, 5.41) is 0. The third kappa shape index (κ3) is 2.33. The topological polar surface area (TPSA) is 56.0 Å². The van der Waals surface area contributed by atoms with Crippen molar-refractivity contribution >= 4 is 11.6 Å². The number of benzene rings is 1. The predicted molar refractivity (Wildman–Crippen MR) is 68.0 cm³/mol. The van der Waals surface area contributed by atoms with Crippen molar-refractivity contribution in [1.82, 2.24) is 4.98 Å². The second kappa shape index (κ2) is 4.37. The average Bonchev–Trinajstić information content (AvgIpc) is 2.31. The molecule has 0 aliphatic carbocycles. The van der Waals surface area contributed by atoms with Crippen molar-refractivity contribution in [3.05, 3.63) is 58.8 Å². The summed E-state index contributed by atoms with van der Waals surface area (Å²) >= 11 is 0. The molecule has 3 nitrogen and oxygen atoms in total. The van der Waals surface area contributed by atoms with Crippen molar-refractivity contribution in [1.29, 1.82) is 0 Å². The number of rotatable bonds is 2. The summed E-state index contributed by atoms with van der Waals surface area (Å²) in [6.45, 7) is 3.84. The quantitative estimate of drug-likeness (QED) is 0.800. The molecule has 1 aromatic carbocycles. The normalized spacial score (nSPS) is 10.2. The summed E-state index contributed by atoms with van der Waals surface area (Å²) in [5.74, 6) is 0.199. The van der Waals surface area contributed by atoms with Crippen LogP contribution in [-0.4, -0.2) is 10.8 Å². The van der Waals surface area contributed by atoms with Gasteiger partial charge in [0.1, 0.15) is 5.82 Å². The first kappa shape index (κ1) is 11.3. The van der Waals surface area contributed by atoms with E-state index in [0.717, 1.165) is 11.1 Å². The maximum Gasteiger partial charge on any atom is 0.196 e. The molecular formula is C14H14N2O. The Kier molecular flexibility index (Phi) is 2.91. The van der Waals surface area contributed by atoms with Gasteiger partial charge in [0.25, 0.3) is 0 Å². The van der Waals surface area contributed by atoms with Gasteiger partial charge in [-0.2, -0.15) is 0 Å². The fourth-order valence-corrected chi connectivity index (χ4v) is 1.70. The zero-order valence-corrected chi connectivity index (χ0v) is 9.90. The van der Waals surface area contributed by atoms with Crippen LogP contribution < -0.4 is 5.73 Å². The highest BCUT2D eigenvalue weighted by Gasteiger charge is 2.13. The number of nitrogens with two attached hydrogens (primary N) is 1. The molecule has 1 heterocycles. The number of ketones is 1. The van der Waals surface area contributed by atoms with Crippen LogP contribution in [0.15, 0.2) is 36.5 Å². The molecule has 2 N–H and O–H groups in total. The van der Waals surface area contributed by atoms with E-state index in [1.807, 2.05) is 32.0 Å². The highest BCUT2D eigenvalue weighted by atomic mass is 16.1. The molecule has 0 bridgehead atoms. The number of hydrogen-bond acceptors (Lipinski definition) is 3. The minimum absolute atomic E-state index is 0.0811. The third-order valence-electron chi connectivity index (χ3n) is 2.58. The van der Waals surface area contributed by atoms with Gasteiger partial charge in [-0.25, -0.2) is 4.98 Å².